The molecule has 0 saturated heterocycles. The smallest absolute Gasteiger partial charge is 0.319 e. The second-order valence-corrected chi connectivity index (χ2v) is 6.24. The number of hydrogen-bond donors (Lipinski definition) is 2. The summed E-state index contributed by atoms with van der Waals surface area (Å²) in [7, 11) is 3.72. The fourth-order valence-corrected chi connectivity index (χ4v) is 2.76. The highest BCUT2D eigenvalue weighted by atomic mass is 16.2. The lowest BCUT2D eigenvalue weighted by molar-refractivity contribution is 0.252. The Bertz CT molecular complexity index is 920. The molecular weight excluding hydrogens is 328 g/mol. The van der Waals surface area contributed by atoms with E-state index in [2.05, 4.69) is 25.8 Å². The van der Waals surface area contributed by atoms with Gasteiger partial charge in [-0.05, 0) is 37.1 Å². The molecule has 0 saturated carbocycles. The van der Waals surface area contributed by atoms with E-state index in [1.165, 1.54) is 0 Å². The molecule has 26 heavy (non-hydrogen) atoms. The van der Waals surface area contributed by atoms with E-state index in [-0.39, 0.29) is 6.03 Å². The van der Waals surface area contributed by atoms with E-state index < -0.39 is 0 Å². The molecule has 0 fully saturated rings. The molecule has 2 aromatic heterocycles. The van der Waals surface area contributed by atoms with E-state index >= 15 is 0 Å². The van der Waals surface area contributed by atoms with Gasteiger partial charge in [-0.1, -0.05) is 18.2 Å². The van der Waals surface area contributed by atoms with Gasteiger partial charge in [-0.15, -0.1) is 5.10 Å². The van der Waals surface area contributed by atoms with Crippen LogP contribution < -0.4 is 15.5 Å². The molecule has 0 aliphatic carbocycles. The third-order valence-corrected chi connectivity index (χ3v) is 3.99. The van der Waals surface area contributed by atoms with Crippen molar-refractivity contribution in [1.82, 2.24) is 20.5 Å². The van der Waals surface area contributed by atoms with Crippen LogP contribution in [0.2, 0.25) is 0 Å². The largest absolute Gasteiger partial charge is 0.360 e. The lowest BCUT2D eigenvalue weighted by Crippen LogP contribution is -2.31. The fraction of sp³-hybridized carbons (Fsp3) is 0.263. The molecule has 2 amide bonds. The summed E-state index contributed by atoms with van der Waals surface area (Å²) >= 11 is 0. The molecular formula is C19H22N6O. The number of amides is 2. The number of carbonyl (C=O) groups is 1. The van der Waals surface area contributed by atoms with Crippen LogP contribution in [-0.4, -0.2) is 41.9 Å². The highest BCUT2D eigenvalue weighted by Gasteiger charge is 2.11. The monoisotopic (exact) mass is 350 g/mol. The van der Waals surface area contributed by atoms with Gasteiger partial charge in [-0.2, -0.15) is 5.10 Å². The molecule has 2 N–H and O–H groups in total. The molecule has 2 heterocycles. The first-order chi connectivity index (χ1) is 12.5. The van der Waals surface area contributed by atoms with E-state index in [4.69, 9.17) is 0 Å². The van der Waals surface area contributed by atoms with Gasteiger partial charge in [0, 0.05) is 32.2 Å². The third-order valence-electron chi connectivity index (χ3n) is 3.99. The Hall–Kier alpha value is -3.22. The van der Waals surface area contributed by atoms with Crippen molar-refractivity contribution in [3.05, 3.63) is 53.9 Å². The van der Waals surface area contributed by atoms with E-state index in [1.807, 2.05) is 56.3 Å². The number of carbonyl (C=O) groups excluding carboxylic acids is 1. The first-order valence-electron chi connectivity index (χ1n) is 8.43. The number of para-hydroxylation sites is 1. The molecule has 7 nitrogen and oxygen atoms in total. The van der Waals surface area contributed by atoms with Crippen molar-refractivity contribution in [1.29, 1.82) is 0 Å². The molecule has 0 aliphatic rings. The van der Waals surface area contributed by atoms with Gasteiger partial charge in [0.2, 0.25) is 0 Å². The molecule has 3 aromatic rings. The number of aromatic nitrogens is 3. The Balaban J connectivity index is 1.62. The average Bonchev–Trinajstić information content (AvgIpc) is 2.61. The molecule has 1 aromatic carbocycles. The zero-order chi connectivity index (χ0) is 18.5. The molecule has 3 rings (SSSR count). The fourth-order valence-electron chi connectivity index (χ4n) is 2.76. The molecule has 0 unspecified atom stereocenters. The molecule has 0 atom stereocenters. The normalized spacial score (nSPS) is 10.6. The van der Waals surface area contributed by atoms with Gasteiger partial charge in [-0.3, -0.25) is 4.98 Å². The van der Waals surface area contributed by atoms with Crippen molar-refractivity contribution in [2.45, 2.75) is 13.3 Å². The van der Waals surface area contributed by atoms with Crippen LogP contribution in [0.25, 0.3) is 10.9 Å². The Kier molecular flexibility index (Phi) is 5.26. The lowest BCUT2D eigenvalue weighted by atomic mass is 10.1. The number of anilines is 2. The van der Waals surface area contributed by atoms with Gasteiger partial charge >= 0.3 is 6.03 Å². The van der Waals surface area contributed by atoms with E-state index in [0.29, 0.717) is 18.1 Å². The highest BCUT2D eigenvalue weighted by Crippen LogP contribution is 2.21. The average molecular weight is 350 g/mol. The predicted molar refractivity (Wildman–Crippen MR) is 104 cm³/mol. The van der Waals surface area contributed by atoms with E-state index in [0.717, 1.165) is 28.6 Å². The number of urea groups is 1. The number of nitrogens with zero attached hydrogens (tertiary/aromatic N) is 4. The molecule has 134 valence electrons. The Morgan fingerprint density at radius 2 is 1.96 bits per heavy atom. The Morgan fingerprint density at radius 3 is 2.77 bits per heavy atom. The second-order valence-electron chi connectivity index (χ2n) is 6.24. The maximum atomic E-state index is 12.3. The summed E-state index contributed by atoms with van der Waals surface area (Å²) in [6, 6.07) is 11.5. The third kappa shape index (κ3) is 4.05. The molecule has 0 spiro atoms. The summed E-state index contributed by atoms with van der Waals surface area (Å²) < 4.78 is 0. The van der Waals surface area contributed by atoms with Crippen LogP contribution in [0.3, 0.4) is 0 Å². The minimum Gasteiger partial charge on any atom is -0.360 e. The van der Waals surface area contributed by atoms with Crippen LogP contribution in [0.1, 0.15) is 11.3 Å². The summed E-state index contributed by atoms with van der Waals surface area (Å²) in [6.45, 7) is 2.36. The van der Waals surface area contributed by atoms with Gasteiger partial charge in [0.1, 0.15) is 0 Å². The zero-order valence-electron chi connectivity index (χ0n) is 15.2. The number of aryl methyl sites for hydroxylation is 1. The molecule has 7 heteroatoms. The summed E-state index contributed by atoms with van der Waals surface area (Å²) in [4.78, 5) is 18.4. The van der Waals surface area contributed by atoms with Crippen LogP contribution in [0, 0.1) is 6.92 Å². The van der Waals surface area contributed by atoms with E-state index in [9.17, 15) is 4.79 Å². The second kappa shape index (κ2) is 7.77. The van der Waals surface area contributed by atoms with Crippen LogP contribution in [0.4, 0.5) is 16.3 Å². The minimum absolute atomic E-state index is 0.265. The van der Waals surface area contributed by atoms with Crippen molar-refractivity contribution in [3.63, 3.8) is 0 Å². The topological polar surface area (TPSA) is 83.0 Å². The number of pyridine rings is 1. The maximum Gasteiger partial charge on any atom is 0.319 e. The highest BCUT2D eigenvalue weighted by molar-refractivity contribution is 5.92. The van der Waals surface area contributed by atoms with Crippen molar-refractivity contribution < 1.29 is 4.79 Å². The summed E-state index contributed by atoms with van der Waals surface area (Å²) in [6.07, 6.45) is 2.52. The number of rotatable bonds is 5. The Labute approximate surface area is 152 Å². The van der Waals surface area contributed by atoms with Crippen molar-refractivity contribution >= 4 is 28.4 Å². The van der Waals surface area contributed by atoms with Gasteiger partial charge in [-0.25, -0.2) is 4.79 Å². The molecule has 0 aliphatic heterocycles. The number of nitrogens with one attached hydrogen (secondary N) is 2. The SMILES string of the molecule is Cc1cc(NC(=O)NCCc2ccnc3ccccc23)c(N(C)C)nn1. The van der Waals surface area contributed by atoms with Crippen LogP contribution in [0.5, 0.6) is 0 Å². The van der Waals surface area contributed by atoms with Crippen molar-refractivity contribution in [2.75, 3.05) is 30.9 Å². The summed E-state index contributed by atoms with van der Waals surface area (Å²) in [5.74, 6) is 0.617. The lowest BCUT2D eigenvalue weighted by Gasteiger charge is -2.16. The number of hydrogen-bond acceptors (Lipinski definition) is 5. The van der Waals surface area contributed by atoms with Crippen molar-refractivity contribution in [2.24, 2.45) is 0 Å². The number of benzene rings is 1. The summed E-state index contributed by atoms with van der Waals surface area (Å²) in [5, 5.41) is 15.0. The van der Waals surface area contributed by atoms with Crippen LogP contribution in [-0.2, 0) is 6.42 Å². The predicted octanol–water partition coefficient (Wildman–Crippen LogP) is 2.76. The Morgan fingerprint density at radius 1 is 1.15 bits per heavy atom. The van der Waals surface area contributed by atoms with Crippen LogP contribution in [0.15, 0.2) is 42.6 Å². The summed E-state index contributed by atoms with van der Waals surface area (Å²) in [5.41, 5.74) is 3.50. The molecule has 0 radical (unpaired) electrons. The van der Waals surface area contributed by atoms with Crippen molar-refractivity contribution in [3.8, 4) is 0 Å². The quantitative estimate of drug-likeness (QED) is 0.739. The standard InChI is InChI=1S/C19H22N6O/c1-13-12-17(18(24-23-13)25(2)3)22-19(26)21-11-9-14-8-10-20-16-7-5-4-6-15(14)16/h4-8,10,12H,9,11H2,1-3H3,(H2,21,22,23,26). The minimum atomic E-state index is -0.265. The van der Waals surface area contributed by atoms with Gasteiger partial charge < -0.3 is 15.5 Å². The van der Waals surface area contributed by atoms with Crippen LogP contribution >= 0.6 is 0 Å². The maximum absolute atomic E-state index is 12.3. The first kappa shape index (κ1) is 17.6. The number of fused-ring (bicyclic) bond motifs is 1. The zero-order valence-corrected chi connectivity index (χ0v) is 15.2. The van der Waals surface area contributed by atoms with Gasteiger partial charge in [0.05, 0.1) is 16.9 Å². The van der Waals surface area contributed by atoms with Gasteiger partial charge in [0.25, 0.3) is 0 Å². The molecule has 0 bridgehead atoms. The first-order valence-corrected chi connectivity index (χ1v) is 8.43. The van der Waals surface area contributed by atoms with E-state index in [1.54, 1.807) is 12.3 Å². The van der Waals surface area contributed by atoms with Gasteiger partial charge in [0.15, 0.2) is 5.82 Å².